The molecular weight excluding hydrogens is 421 g/mol. The third-order valence-electron chi connectivity index (χ3n) is 5.71. The first kappa shape index (κ1) is 21.3. The minimum Gasteiger partial charge on any atom is -0.368 e. The summed E-state index contributed by atoms with van der Waals surface area (Å²) in [4.78, 5) is 25.6. The SMILES string of the molecule is Cc1cn2cc(NC(=O)N3CCc4c(N5CCN[C@@H](C)C5)ccnc43)c(F)cc2n1.Cl. The van der Waals surface area contributed by atoms with Crippen LogP contribution in [-0.2, 0) is 6.42 Å². The van der Waals surface area contributed by atoms with Crippen LogP contribution < -0.4 is 20.4 Å². The summed E-state index contributed by atoms with van der Waals surface area (Å²) in [5.74, 6) is 0.133. The van der Waals surface area contributed by atoms with E-state index in [1.54, 1.807) is 27.9 Å². The lowest BCUT2D eigenvalue weighted by Crippen LogP contribution is -2.49. The number of piperazine rings is 1. The van der Waals surface area contributed by atoms with E-state index in [0.717, 1.165) is 43.0 Å². The maximum absolute atomic E-state index is 14.5. The van der Waals surface area contributed by atoms with Crippen LogP contribution in [0.2, 0.25) is 0 Å². The highest BCUT2D eigenvalue weighted by molar-refractivity contribution is 6.03. The molecule has 1 saturated heterocycles. The van der Waals surface area contributed by atoms with E-state index in [1.165, 1.54) is 6.07 Å². The number of amides is 2. The van der Waals surface area contributed by atoms with Gasteiger partial charge in [0.2, 0.25) is 0 Å². The number of nitrogens with zero attached hydrogens (tertiary/aromatic N) is 5. The molecule has 0 spiro atoms. The summed E-state index contributed by atoms with van der Waals surface area (Å²) in [6.07, 6.45) is 5.81. The maximum Gasteiger partial charge on any atom is 0.327 e. The molecule has 0 aliphatic carbocycles. The summed E-state index contributed by atoms with van der Waals surface area (Å²) in [7, 11) is 0. The minimum atomic E-state index is -0.516. The lowest BCUT2D eigenvalue weighted by molar-refractivity contribution is 0.257. The van der Waals surface area contributed by atoms with E-state index in [2.05, 4.69) is 32.4 Å². The van der Waals surface area contributed by atoms with Crippen molar-refractivity contribution in [3.8, 4) is 0 Å². The molecule has 2 N–H and O–H groups in total. The zero-order valence-electron chi connectivity index (χ0n) is 17.4. The van der Waals surface area contributed by atoms with Crippen molar-refractivity contribution in [1.82, 2.24) is 19.7 Å². The number of urea groups is 1. The fourth-order valence-electron chi connectivity index (χ4n) is 4.33. The highest BCUT2D eigenvalue weighted by Gasteiger charge is 2.31. The summed E-state index contributed by atoms with van der Waals surface area (Å²) in [5.41, 5.74) is 3.61. The maximum atomic E-state index is 14.5. The Hall–Kier alpha value is -2.91. The Morgan fingerprint density at radius 1 is 1.32 bits per heavy atom. The largest absolute Gasteiger partial charge is 0.368 e. The number of hydrogen-bond acceptors (Lipinski definition) is 5. The van der Waals surface area contributed by atoms with E-state index in [1.807, 2.05) is 13.0 Å². The quantitative estimate of drug-likeness (QED) is 0.634. The molecule has 164 valence electrons. The van der Waals surface area contributed by atoms with Crippen molar-refractivity contribution in [2.24, 2.45) is 0 Å². The molecular formula is C21H25ClFN7O. The van der Waals surface area contributed by atoms with Crippen LogP contribution in [0.1, 0.15) is 18.2 Å². The second kappa shape index (κ2) is 8.32. The van der Waals surface area contributed by atoms with Crippen molar-refractivity contribution >= 4 is 41.3 Å². The molecule has 8 nitrogen and oxygen atoms in total. The van der Waals surface area contributed by atoms with E-state index in [0.29, 0.717) is 24.1 Å². The Morgan fingerprint density at radius 2 is 2.16 bits per heavy atom. The Bertz CT molecular complexity index is 1130. The summed E-state index contributed by atoms with van der Waals surface area (Å²) in [6.45, 7) is 7.28. The fraction of sp³-hybridized carbons (Fsp3) is 0.381. The van der Waals surface area contributed by atoms with Crippen molar-refractivity contribution in [3.05, 3.63) is 47.8 Å². The van der Waals surface area contributed by atoms with E-state index in [4.69, 9.17) is 0 Å². The molecule has 10 heteroatoms. The molecule has 1 fully saturated rings. The highest BCUT2D eigenvalue weighted by Crippen LogP contribution is 2.34. The second-order valence-electron chi connectivity index (χ2n) is 7.95. The smallest absolute Gasteiger partial charge is 0.327 e. The van der Waals surface area contributed by atoms with Crippen LogP contribution in [0.3, 0.4) is 0 Å². The molecule has 0 radical (unpaired) electrons. The van der Waals surface area contributed by atoms with Gasteiger partial charge in [0.25, 0.3) is 0 Å². The molecule has 2 amide bonds. The molecule has 0 unspecified atom stereocenters. The van der Waals surface area contributed by atoms with Crippen molar-refractivity contribution in [1.29, 1.82) is 0 Å². The van der Waals surface area contributed by atoms with E-state index in [9.17, 15) is 9.18 Å². The number of rotatable bonds is 2. The van der Waals surface area contributed by atoms with Crippen LogP contribution in [0.15, 0.2) is 30.7 Å². The predicted molar refractivity (Wildman–Crippen MR) is 121 cm³/mol. The summed E-state index contributed by atoms with van der Waals surface area (Å²) in [5, 5.41) is 6.15. The lowest BCUT2D eigenvalue weighted by Gasteiger charge is -2.34. The normalized spacial score (nSPS) is 18.1. The van der Waals surface area contributed by atoms with Crippen LogP contribution in [0.4, 0.5) is 26.4 Å². The van der Waals surface area contributed by atoms with Crippen LogP contribution in [0.5, 0.6) is 0 Å². The first-order valence-corrected chi connectivity index (χ1v) is 10.2. The van der Waals surface area contributed by atoms with Gasteiger partial charge in [0, 0.05) is 68.1 Å². The van der Waals surface area contributed by atoms with Gasteiger partial charge in [-0.15, -0.1) is 12.4 Å². The standard InChI is InChI=1S/C21H24FN7O.ClH/c1-13-10-27(8-6-23-13)18-3-5-24-20-15(18)4-7-29(20)21(30)26-17-12-28-11-14(2)25-19(28)9-16(17)22;/h3,5,9,11-13,23H,4,6-8,10H2,1-2H3,(H,26,30);1H/t13-;/m0./s1. The third-order valence-corrected chi connectivity index (χ3v) is 5.71. The Morgan fingerprint density at radius 3 is 2.97 bits per heavy atom. The predicted octanol–water partition coefficient (Wildman–Crippen LogP) is 2.99. The third kappa shape index (κ3) is 3.90. The zero-order valence-corrected chi connectivity index (χ0v) is 18.2. The average molecular weight is 446 g/mol. The fourth-order valence-corrected chi connectivity index (χ4v) is 4.33. The number of carbonyl (C=O) groups is 1. The first-order valence-electron chi connectivity index (χ1n) is 10.2. The highest BCUT2D eigenvalue weighted by atomic mass is 35.5. The lowest BCUT2D eigenvalue weighted by atomic mass is 10.1. The van der Waals surface area contributed by atoms with Crippen molar-refractivity contribution in [2.45, 2.75) is 26.3 Å². The first-order chi connectivity index (χ1) is 14.5. The van der Waals surface area contributed by atoms with Crippen molar-refractivity contribution in [2.75, 3.05) is 41.3 Å². The number of halogens is 2. The molecule has 1 atom stereocenters. The molecule has 3 aromatic rings. The molecule has 2 aliphatic heterocycles. The molecule has 2 aliphatic rings. The number of carbonyl (C=O) groups excluding carboxylic acids is 1. The molecule has 3 aromatic heterocycles. The van der Waals surface area contributed by atoms with E-state index >= 15 is 0 Å². The van der Waals surface area contributed by atoms with Gasteiger partial charge in [0.15, 0.2) is 5.82 Å². The van der Waals surface area contributed by atoms with Gasteiger partial charge in [-0.3, -0.25) is 4.90 Å². The zero-order chi connectivity index (χ0) is 20.8. The molecule has 5 heterocycles. The Labute approximate surface area is 185 Å². The number of aryl methyl sites for hydroxylation is 1. The number of anilines is 3. The number of fused-ring (bicyclic) bond motifs is 2. The Balaban J connectivity index is 0.00000231. The number of hydrogen-bond donors (Lipinski definition) is 2. The molecule has 0 aromatic carbocycles. The van der Waals surface area contributed by atoms with Crippen LogP contribution in [-0.4, -0.2) is 52.6 Å². The number of aromatic nitrogens is 3. The summed E-state index contributed by atoms with van der Waals surface area (Å²) >= 11 is 0. The topological polar surface area (TPSA) is 77.8 Å². The van der Waals surface area contributed by atoms with Gasteiger partial charge in [0.05, 0.1) is 11.4 Å². The van der Waals surface area contributed by atoms with Crippen LogP contribution in [0, 0.1) is 12.7 Å². The monoisotopic (exact) mass is 445 g/mol. The Kier molecular flexibility index (Phi) is 5.72. The van der Waals surface area contributed by atoms with Gasteiger partial charge in [0.1, 0.15) is 11.5 Å². The number of nitrogens with one attached hydrogen (secondary N) is 2. The van der Waals surface area contributed by atoms with Gasteiger partial charge in [-0.1, -0.05) is 0 Å². The minimum absolute atomic E-state index is 0. The van der Waals surface area contributed by atoms with Crippen molar-refractivity contribution in [3.63, 3.8) is 0 Å². The van der Waals surface area contributed by atoms with Gasteiger partial charge in [-0.05, 0) is 26.3 Å². The van der Waals surface area contributed by atoms with Crippen molar-refractivity contribution < 1.29 is 9.18 Å². The average Bonchev–Trinajstić information content (AvgIpc) is 3.30. The van der Waals surface area contributed by atoms with E-state index in [-0.39, 0.29) is 24.1 Å². The van der Waals surface area contributed by atoms with Gasteiger partial charge in [-0.2, -0.15) is 0 Å². The van der Waals surface area contributed by atoms with E-state index < -0.39 is 5.82 Å². The molecule has 0 saturated carbocycles. The number of pyridine rings is 2. The molecule has 31 heavy (non-hydrogen) atoms. The summed E-state index contributed by atoms with van der Waals surface area (Å²) < 4.78 is 16.2. The second-order valence-corrected chi connectivity index (χ2v) is 7.95. The molecule has 5 rings (SSSR count). The number of imidazole rings is 1. The van der Waals surface area contributed by atoms with Gasteiger partial charge in [-0.25, -0.2) is 19.2 Å². The van der Waals surface area contributed by atoms with Crippen LogP contribution in [0.25, 0.3) is 5.65 Å². The summed E-state index contributed by atoms with van der Waals surface area (Å²) in [6, 6.07) is 3.37. The molecule has 0 bridgehead atoms. The van der Waals surface area contributed by atoms with Crippen LogP contribution >= 0.6 is 12.4 Å². The van der Waals surface area contributed by atoms with Gasteiger partial charge < -0.3 is 19.9 Å². The van der Waals surface area contributed by atoms with Gasteiger partial charge >= 0.3 is 6.03 Å².